The van der Waals surface area contributed by atoms with Crippen LogP contribution in [0.1, 0.15) is 12.0 Å². The van der Waals surface area contributed by atoms with Crippen molar-refractivity contribution in [1.29, 1.82) is 0 Å². The Morgan fingerprint density at radius 1 is 1.41 bits per heavy atom. The molecule has 3 heteroatoms. The molecule has 0 aromatic heterocycles. The predicted octanol–water partition coefficient (Wildman–Crippen LogP) is 3.09. The molecule has 1 aromatic carbocycles. The van der Waals surface area contributed by atoms with Crippen LogP contribution in [0, 0.1) is 0 Å². The molecule has 17 heavy (non-hydrogen) atoms. The second-order valence-corrected chi connectivity index (χ2v) is 4.72. The summed E-state index contributed by atoms with van der Waals surface area (Å²) in [6, 6.07) is 8.14. The van der Waals surface area contributed by atoms with Crippen LogP contribution in [0.3, 0.4) is 0 Å². The van der Waals surface area contributed by atoms with E-state index in [0.717, 1.165) is 18.8 Å². The summed E-state index contributed by atoms with van der Waals surface area (Å²) >= 11 is 1.89. The summed E-state index contributed by atoms with van der Waals surface area (Å²) in [7, 11) is 0. The summed E-state index contributed by atoms with van der Waals surface area (Å²) in [5.41, 5.74) is 1.21. The highest BCUT2D eigenvalue weighted by Crippen LogP contribution is 2.17. The van der Waals surface area contributed by atoms with E-state index in [1.165, 1.54) is 17.7 Å². The van der Waals surface area contributed by atoms with Crippen molar-refractivity contribution in [3.8, 4) is 5.75 Å². The number of hydrogen-bond acceptors (Lipinski definition) is 3. The molecule has 0 heterocycles. The Kier molecular flexibility index (Phi) is 7.60. The molecular formula is C14H21NOS. The van der Waals surface area contributed by atoms with Crippen molar-refractivity contribution in [3.05, 3.63) is 42.5 Å². The molecule has 0 aliphatic rings. The molecule has 1 N–H and O–H groups in total. The molecule has 94 valence electrons. The number of thioether (sulfide) groups is 1. The molecule has 0 saturated carbocycles. The normalized spacial score (nSPS) is 10.2. The van der Waals surface area contributed by atoms with E-state index in [9.17, 15) is 0 Å². The maximum absolute atomic E-state index is 5.60. The maximum Gasteiger partial charge on any atom is 0.124 e. The minimum atomic E-state index is 0.559. The lowest BCUT2D eigenvalue weighted by atomic mass is 10.2. The van der Waals surface area contributed by atoms with Crippen molar-refractivity contribution < 1.29 is 4.74 Å². The van der Waals surface area contributed by atoms with Crippen LogP contribution in [-0.4, -0.2) is 25.2 Å². The number of hydrogen-bond donors (Lipinski definition) is 1. The van der Waals surface area contributed by atoms with Gasteiger partial charge >= 0.3 is 0 Å². The molecule has 0 bridgehead atoms. The van der Waals surface area contributed by atoms with Gasteiger partial charge in [-0.15, -0.1) is 0 Å². The van der Waals surface area contributed by atoms with Gasteiger partial charge in [0.25, 0.3) is 0 Å². The average molecular weight is 251 g/mol. The Morgan fingerprint density at radius 2 is 2.24 bits per heavy atom. The van der Waals surface area contributed by atoms with Crippen LogP contribution in [0.4, 0.5) is 0 Å². The molecule has 2 nitrogen and oxygen atoms in total. The fraction of sp³-hybridized carbons (Fsp3) is 0.429. The Morgan fingerprint density at radius 3 is 3.00 bits per heavy atom. The third-order valence-electron chi connectivity index (χ3n) is 2.35. The van der Waals surface area contributed by atoms with Gasteiger partial charge in [0.15, 0.2) is 0 Å². The van der Waals surface area contributed by atoms with Crippen LogP contribution in [0.25, 0.3) is 0 Å². The zero-order valence-corrected chi connectivity index (χ0v) is 11.3. The van der Waals surface area contributed by atoms with Gasteiger partial charge in [-0.05, 0) is 31.0 Å². The second-order valence-electron chi connectivity index (χ2n) is 3.73. The highest BCUT2D eigenvalue weighted by molar-refractivity contribution is 7.98. The van der Waals surface area contributed by atoms with Crippen molar-refractivity contribution in [2.45, 2.75) is 13.0 Å². The van der Waals surface area contributed by atoms with E-state index in [4.69, 9.17) is 4.74 Å². The standard InChI is InChI=1S/C14H21NOS/c1-3-10-16-14-8-5-4-7-13(14)12-15-9-6-11-17-2/h3-5,7-8,15H,1,6,9-12H2,2H3. The van der Waals surface area contributed by atoms with E-state index < -0.39 is 0 Å². The maximum atomic E-state index is 5.60. The van der Waals surface area contributed by atoms with Crippen LogP contribution in [0.5, 0.6) is 5.75 Å². The first-order valence-corrected chi connectivity index (χ1v) is 7.29. The first-order valence-electron chi connectivity index (χ1n) is 5.89. The predicted molar refractivity (Wildman–Crippen MR) is 76.8 cm³/mol. The molecule has 0 aliphatic carbocycles. The van der Waals surface area contributed by atoms with Gasteiger partial charge in [0.05, 0.1) is 0 Å². The lowest BCUT2D eigenvalue weighted by Crippen LogP contribution is -2.16. The van der Waals surface area contributed by atoms with E-state index in [-0.39, 0.29) is 0 Å². The van der Waals surface area contributed by atoms with Crippen LogP contribution in [0.2, 0.25) is 0 Å². The summed E-state index contributed by atoms with van der Waals surface area (Å²) in [6.45, 7) is 6.13. The Labute approximate surface area is 108 Å². The summed E-state index contributed by atoms with van der Waals surface area (Å²) in [5, 5.41) is 3.43. The molecule has 0 aliphatic heterocycles. The van der Waals surface area contributed by atoms with Crippen molar-refractivity contribution >= 4 is 11.8 Å². The van der Waals surface area contributed by atoms with Crippen molar-refractivity contribution in [3.63, 3.8) is 0 Å². The van der Waals surface area contributed by atoms with Crippen molar-refractivity contribution in [2.75, 3.05) is 25.2 Å². The number of para-hydroxylation sites is 1. The Bertz CT molecular complexity index is 328. The number of ether oxygens (including phenoxy) is 1. The molecular weight excluding hydrogens is 230 g/mol. The second kappa shape index (κ2) is 9.14. The zero-order valence-electron chi connectivity index (χ0n) is 10.4. The highest BCUT2D eigenvalue weighted by atomic mass is 32.2. The van der Waals surface area contributed by atoms with Gasteiger partial charge in [0.1, 0.15) is 12.4 Å². The molecule has 0 amide bonds. The van der Waals surface area contributed by atoms with Gasteiger partial charge in [-0.25, -0.2) is 0 Å². The van der Waals surface area contributed by atoms with Crippen LogP contribution in [-0.2, 0) is 6.54 Å². The van der Waals surface area contributed by atoms with Crippen LogP contribution in [0.15, 0.2) is 36.9 Å². The quantitative estimate of drug-likeness (QED) is 0.538. The molecule has 0 radical (unpaired) electrons. The number of benzene rings is 1. The summed E-state index contributed by atoms with van der Waals surface area (Å²) in [4.78, 5) is 0. The SMILES string of the molecule is C=CCOc1ccccc1CNCCCSC. The molecule has 0 atom stereocenters. The van der Waals surface area contributed by atoms with E-state index >= 15 is 0 Å². The van der Waals surface area contributed by atoms with Crippen molar-refractivity contribution in [1.82, 2.24) is 5.32 Å². The smallest absolute Gasteiger partial charge is 0.124 e. The van der Waals surface area contributed by atoms with Gasteiger partial charge in [-0.3, -0.25) is 0 Å². The Balaban J connectivity index is 2.37. The van der Waals surface area contributed by atoms with Gasteiger partial charge in [-0.1, -0.05) is 30.9 Å². The largest absolute Gasteiger partial charge is 0.489 e. The molecule has 1 aromatic rings. The van der Waals surface area contributed by atoms with E-state index in [1.54, 1.807) is 6.08 Å². The van der Waals surface area contributed by atoms with Crippen LogP contribution >= 0.6 is 11.8 Å². The monoisotopic (exact) mass is 251 g/mol. The number of rotatable bonds is 9. The van der Waals surface area contributed by atoms with Crippen LogP contribution < -0.4 is 10.1 Å². The van der Waals surface area contributed by atoms with Gasteiger partial charge in [0, 0.05) is 12.1 Å². The third kappa shape index (κ3) is 5.80. The average Bonchev–Trinajstić information content (AvgIpc) is 2.37. The summed E-state index contributed by atoms with van der Waals surface area (Å²) < 4.78 is 5.60. The molecule has 0 fully saturated rings. The fourth-order valence-corrected chi connectivity index (χ4v) is 1.94. The first-order chi connectivity index (χ1) is 8.38. The highest BCUT2D eigenvalue weighted by Gasteiger charge is 2.01. The minimum absolute atomic E-state index is 0.559. The first kappa shape index (κ1) is 14.1. The van der Waals surface area contributed by atoms with E-state index in [1.807, 2.05) is 30.0 Å². The van der Waals surface area contributed by atoms with Gasteiger partial charge in [0.2, 0.25) is 0 Å². The topological polar surface area (TPSA) is 21.3 Å². The zero-order chi connectivity index (χ0) is 12.3. The summed E-state index contributed by atoms with van der Waals surface area (Å²) in [6.07, 6.45) is 5.11. The fourth-order valence-electron chi connectivity index (χ4n) is 1.50. The Hall–Kier alpha value is -0.930. The summed E-state index contributed by atoms with van der Waals surface area (Å²) in [5.74, 6) is 2.16. The molecule has 0 unspecified atom stereocenters. The third-order valence-corrected chi connectivity index (χ3v) is 3.04. The number of nitrogens with one attached hydrogen (secondary N) is 1. The minimum Gasteiger partial charge on any atom is -0.489 e. The molecule has 0 spiro atoms. The van der Waals surface area contributed by atoms with Crippen molar-refractivity contribution in [2.24, 2.45) is 0 Å². The van der Waals surface area contributed by atoms with Gasteiger partial charge in [-0.2, -0.15) is 11.8 Å². The molecule has 1 rings (SSSR count). The van der Waals surface area contributed by atoms with E-state index in [0.29, 0.717) is 6.61 Å². The van der Waals surface area contributed by atoms with Gasteiger partial charge < -0.3 is 10.1 Å². The van der Waals surface area contributed by atoms with E-state index in [2.05, 4.69) is 24.2 Å². The lowest BCUT2D eigenvalue weighted by Gasteiger charge is -2.10. The molecule has 0 saturated heterocycles. The lowest BCUT2D eigenvalue weighted by molar-refractivity contribution is 0.358.